The van der Waals surface area contributed by atoms with Gasteiger partial charge in [-0.1, -0.05) is 59.1 Å². The van der Waals surface area contributed by atoms with Crippen molar-refractivity contribution >= 4 is 15.9 Å². The molecule has 0 heterocycles. The normalized spacial score (nSPS) is 12.6. The van der Waals surface area contributed by atoms with E-state index in [1.165, 1.54) is 31.2 Å². The molecular weight excluding hydrogens is 264 g/mol. The number of hydrogen-bond acceptors (Lipinski definition) is 1. The lowest BCUT2D eigenvalue weighted by Gasteiger charge is -2.09. The van der Waals surface area contributed by atoms with E-state index in [2.05, 4.69) is 46.3 Å². The molecule has 0 saturated heterocycles. The minimum absolute atomic E-state index is 0.501. The smallest absolute Gasteiger partial charge is 0.0465 e. The van der Waals surface area contributed by atoms with E-state index in [1.54, 1.807) is 0 Å². The summed E-state index contributed by atoms with van der Waals surface area (Å²) >= 11 is 3.74. The molecule has 0 spiro atoms. The molecule has 0 aliphatic rings. The molecule has 0 amide bonds. The molecule has 1 atom stereocenters. The molecule has 0 saturated carbocycles. The van der Waals surface area contributed by atoms with Gasteiger partial charge in [-0.2, -0.15) is 0 Å². The number of rotatable bonds is 8. The third kappa shape index (κ3) is 5.66. The van der Waals surface area contributed by atoms with Crippen LogP contribution in [0.2, 0.25) is 0 Å². The third-order valence-electron chi connectivity index (χ3n) is 2.61. The highest BCUT2D eigenvalue weighted by atomic mass is 79.9. The van der Waals surface area contributed by atoms with E-state index < -0.39 is 0 Å². The van der Waals surface area contributed by atoms with Crippen molar-refractivity contribution in [2.24, 2.45) is 0 Å². The van der Waals surface area contributed by atoms with Gasteiger partial charge in [-0.25, -0.2) is 0 Å². The van der Waals surface area contributed by atoms with E-state index >= 15 is 0 Å². The standard InChI is InChI=1S/C14H21BrO/c1-2-16-12-8-4-7-11-14(15)13-9-5-3-6-10-13/h3,5-6,9-10,14H,2,4,7-8,11-12H2,1H3. The Morgan fingerprint density at radius 1 is 1.12 bits per heavy atom. The quantitative estimate of drug-likeness (QED) is 0.496. The Bertz CT molecular complexity index is 261. The molecule has 0 aliphatic heterocycles. The summed E-state index contributed by atoms with van der Waals surface area (Å²) in [5.41, 5.74) is 1.38. The first-order chi connectivity index (χ1) is 7.84. The van der Waals surface area contributed by atoms with Crippen LogP contribution >= 0.6 is 15.9 Å². The van der Waals surface area contributed by atoms with Gasteiger partial charge in [-0.3, -0.25) is 0 Å². The fourth-order valence-electron chi connectivity index (χ4n) is 1.68. The molecule has 0 aromatic heterocycles. The number of alkyl halides is 1. The average Bonchev–Trinajstić information content (AvgIpc) is 2.34. The monoisotopic (exact) mass is 284 g/mol. The molecule has 1 aromatic rings. The summed E-state index contributed by atoms with van der Waals surface area (Å²) in [7, 11) is 0. The van der Waals surface area contributed by atoms with E-state index in [4.69, 9.17) is 4.74 Å². The second-order valence-corrected chi connectivity index (χ2v) is 5.03. The first-order valence-corrected chi connectivity index (χ1v) is 7.03. The Kier molecular flexibility index (Phi) is 7.52. The van der Waals surface area contributed by atoms with Crippen molar-refractivity contribution in [2.45, 2.75) is 37.4 Å². The minimum atomic E-state index is 0.501. The highest BCUT2D eigenvalue weighted by molar-refractivity contribution is 9.09. The summed E-state index contributed by atoms with van der Waals surface area (Å²) in [5.74, 6) is 0. The van der Waals surface area contributed by atoms with E-state index in [0.717, 1.165) is 13.2 Å². The fraction of sp³-hybridized carbons (Fsp3) is 0.571. The molecule has 2 heteroatoms. The molecule has 16 heavy (non-hydrogen) atoms. The van der Waals surface area contributed by atoms with Crippen molar-refractivity contribution < 1.29 is 4.74 Å². The Labute approximate surface area is 107 Å². The lowest BCUT2D eigenvalue weighted by molar-refractivity contribution is 0.143. The van der Waals surface area contributed by atoms with Crippen LogP contribution in [0.15, 0.2) is 30.3 Å². The molecule has 0 aliphatic carbocycles. The molecular formula is C14H21BrO. The van der Waals surface area contributed by atoms with Gasteiger partial charge in [-0.15, -0.1) is 0 Å². The first kappa shape index (κ1) is 13.7. The minimum Gasteiger partial charge on any atom is -0.382 e. The molecule has 1 unspecified atom stereocenters. The lowest BCUT2D eigenvalue weighted by atomic mass is 10.1. The van der Waals surface area contributed by atoms with Crippen molar-refractivity contribution in [1.82, 2.24) is 0 Å². The fourth-order valence-corrected chi connectivity index (χ4v) is 2.31. The van der Waals surface area contributed by atoms with E-state index in [9.17, 15) is 0 Å². The second-order valence-electron chi connectivity index (χ2n) is 3.92. The van der Waals surface area contributed by atoms with E-state index in [-0.39, 0.29) is 0 Å². The summed E-state index contributed by atoms with van der Waals surface area (Å²) in [6, 6.07) is 10.6. The van der Waals surface area contributed by atoms with Gasteiger partial charge in [0.15, 0.2) is 0 Å². The maximum atomic E-state index is 5.31. The van der Waals surface area contributed by atoms with Gasteiger partial charge < -0.3 is 4.74 Å². The van der Waals surface area contributed by atoms with Gasteiger partial charge in [0, 0.05) is 18.0 Å². The van der Waals surface area contributed by atoms with E-state index in [1.807, 2.05) is 6.92 Å². The lowest BCUT2D eigenvalue weighted by Crippen LogP contribution is -1.94. The molecule has 1 aromatic carbocycles. The van der Waals surface area contributed by atoms with Crippen LogP contribution in [-0.4, -0.2) is 13.2 Å². The van der Waals surface area contributed by atoms with Crippen LogP contribution in [0.1, 0.15) is 43.0 Å². The average molecular weight is 285 g/mol. The summed E-state index contributed by atoms with van der Waals surface area (Å²) in [6.45, 7) is 3.80. The maximum Gasteiger partial charge on any atom is 0.0465 e. The molecule has 90 valence electrons. The van der Waals surface area contributed by atoms with Gasteiger partial charge in [0.25, 0.3) is 0 Å². The van der Waals surface area contributed by atoms with E-state index in [0.29, 0.717) is 4.83 Å². The van der Waals surface area contributed by atoms with Crippen LogP contribution in [-0.2, 0) is 4.74 Å². The number of benzene rings is 1. The second kappa shape index (κ2) is 8.77. The van der Waals surface area contributed by atoms with Crippen LogP contribution in [0.4, 0.5) is 0 Å². The zero-order valence-corrected chi connectivity index (χ0v) is 11.6. The molecule has 1 nitrogen and oxygen atoms in total. The third-order valence-corrected chi connectivity index (χ3v) is 3.60. The Morgan fingerprint density at radius 3 is 2.56 bits per heavy atom. The van der Waals surface area contributed by atoms with Gasteiger partial charge in [-0.05, 0) is 25.3 Å². The summed E-state index contributed by atoms with van der Waals surface area (Å²) in [5, 5.41) is 0. The zero-order chi connectivity index (χ0) is 11.6. The predicted octanol–water partition coefficient (Wildman–Crippen LogP) is 4.72. The topological polar surface area (TPSA) is 9.23 Å². The Hall–Kier alpha value is -0.340. The number of ether oxygens (including phenoxy) is 1. The highest BCUT2D eigenvalue weighted by Crippen LogP contribution is 2.28. The number of hydrogen-bond donors (Lipinski definition) is 0. The molecule has 1 rings (SSSR count). The van der Waals surface area contributed by atoms with Gasteiger partial charge in [0.1, 0.15) is 0 Å². The van der Waals surface area contributed by atoms with Crippen molar-refractivity contribution in [3.8, 4) is 0 Å². The molecule has 0 fully saturated rings. The number of unbranched alkanes of at least 4 members (excludes halogenated alkanes) is 2. The van der Waals surface area contributed by atoms with Crippen molar-refractivity contribution in [3.05, 3.63) is 35.9 Å². The van der Waals surface area contributed by atoms with Crippen LogP contribution in [0, 0.1) is 0 Å². The maximum absolute atomic E-state index is 5.31. The van der Waals surface area contributed by atoms with Gasteiger partial charge >= 0.3 is 0 Å². The van der Waals surface area contributed by atoms with Crippen molar-refractivity contribution in [1.29, 1.82) is 0 Å². The Balaban J connectivity index is 2.09. The molecule has 0 N–H and O–H groups in total. The van der Waals surface area contributed by atoms with Crippen LogP contribution in [0.25, 0.3) is 0 Å². The van der Waals surface area contributed by atoms with Crippen molar-refractivity contribution in [3.63, 3.8) is 0 Å². The van der Waals surface area contributed by atoms with Crippen LogP contribution in [0.5, 0.6) is 0 Å². The Morgan fingerprint density at radius 2 is 1.88 bits per heavy atom. The summed E-state index contributed by atoms with van der Waals surface area (Å²) in [4.78, 5) is 0.501. The van der Waals surface area contributed by atoms with Crippen LogP contribution in [0.3, 0.4) is 0 Å². The highest BCUT2D eigenvalue weighted by Gasteiger charge is 2.05. The van der Waals surface area contributed by atoms with Gasteiger partial charge in [0.05, 0.1) is 0 Å². The molecule has 0 radical (unpaired) electrons. The predicted molar refractivity (Wildman–Crippen MR) is 73.1 cm³/mol. The largest absolute Gasteiger partial charge is 0.382 e. The first-order valence-electron chi connectivity index (χ1n) is 6.11. The van der Waals surface area contributed by atoms with Crippen molar-refractivity contribution in [2.75, 3.05) is 13.2 Å². The van der Waals surface area contributed by atoms with Crippen LogP contribution < -0.4 is 0 Å². The summed E-state index contributed by atoms with van der Waals surface area (Å²) in [6.07, 6.45) is 4.91. The SMILES string of the molecule is CCOCCCCCC(Br)c1ccccc1. The summed E-state index contributed by atoms with van der Waals surface area (Å²) < 4.78 is 5.31. The molecule has 0 bridgehead atoms. The zero-order valence-electron chi connectivity index (χ0n) is 9.99. The number of halogens is 1. The van der Waals surface area contributed by atoms with Gasteiger partial charge in [0.2, 0.25) is 0 Å².